The number of carbonyl (C=O) groups is 1. The number of aromatic carboxylic acids is 1. The second-order valence-electron chi connectivity index (χ2n) is 6.00. The van der Waals surface area contributed by atoms with Crippen LogP contribution in [0.15, 0.2) is 59.8 Å². The first kappa shape index (κ1) is 19.0. The monoisotopic (exact) mass is 383 g/mol. The SMILES string of the molecule is Cn1c(Cc2ccccc2)nnc1SCCCOc1ccc(C(=O)O)cc1. The summed E-state index contributed by atoms with van der Waals surface area (Å²) in [4.78, 5) is 10.8. The molecule has 7 heteroatoms. The lowest BCUT2D eigenvalue weighted by Gasteiger charge is -2.06. The van der Waals surface area contributed by atoms with Gasteiger partial charge in [0.1, 0.15) is 11.6 Å². The Hall–Kier alpha value is -2.80. The number of nitrogens with zero attached hydrogens (tertiary/aromatic N) is 3. The maximum Gasteiger partial charge on any atom is 0.335 e. The smallest absolute Gasteiger partial charge is 0.335 e. The lowest BCUT2D eigenvalue weighted by molar-refractivity contribution is 0.0697. The minimum atomic E-state index is -0.937. The highest BCUT2D eigenvalue weighted by Crippen LogP contribution is 2.19. The van der Waals surface area contributed by atoms with Gasteiger partial charge < -0.3 is 14.4 Å². The van der Waals surface area contributed by atoms with Gasteiger partial charge in [0.2, 0.25) is 0 Å². The fourth-order valence-electron chi connectivity index (χ4n) is 2.51. The molecule has 1 aromatic heterocycles. The van der Waals surface area contributed by atoms with Gasteiger partial charge in [0.05, 0.1) is 12.2 Å². The van der Waals surface area contributed by atoms with Crippen LogP contribution in [-0.4, -0.2) is 38.2 Å². The number of rotatable bonds is 9. The molecule has 0 atom stereocenters. The van der Waals surface area contributed by atoms with Crippen molar-refractivity contribution in [1.29, 1.82) is 0 Å². The van der Waals surface area contributed by atoms with E-state index in [1.165, 1.54) is 5.56 Å². The molecule has 0 aliphatic carbocycles. The number of ether oxygens (including phenoxy) is 1. The van der Waals surface area contributed by atoms with Crippen LogP contribution in [-0.2, 0) is 13.5 Å². The van der Waals surface area contributed by atoms with Crippen LogP contribution in [0.5, 0.6) is 5.75 Å². The molecular weight excluding hydrogens is 362 g/mol. The molecule has 0 bridgehead atoms. The normalized spacial score (nSPS) is 10.7. The summed E-state index contributed by atoms with van der Waals surface area (Å²) in [5.74, 6) is 1.55. The molecule has 0 fully saturated rings. The summed E-state index contributed by atoms with van der Waals surface area (Å²) >= 11 is 1.65. The third-order valence-electron chi connectivity index (χ3n) is 4.02. The van der Waals surface area contributed by atoms with E-state index in [1.54, 1.807) is 36.0 Å². The maximum absolute atomic E-state index is 10.8. The Morgan fingerprint density at radius 2 is 1.85 bits per heavy atom. The molecule has 0 unspecified atom stereocenters. The predicted octanol–water partition coefficient (Wildman–Crippen LogP) is 3.67. The Bertz CT molecular complexity index is 879. The highest BCUT2D eigenvalue weighted by molar-refractivity contribution is 7.99. The van der Waals surface area contributed by atoms with E-state index in [-0.39, 0.29) is 5.56 Å². The Balaban J connectivity index is 1.42. The summed E-state index contributed by atoms with van der Waals surface area (Å²) in [5, 5.41) is 18.3. The zero-order valence-electron chi connectivity index (χ0n) is 15.0. The average Bonchev–Trinajstić information content (AvgIpc) is 3.02. The molecule has 0 saturated heterocycles. The molecule has 3 aromatic rings. The van der Waals surface area contributed by atoms with Crippen LogP contribution < -0.4 is 4.74 Å². The fraction of sp³-hybridized carbons (Fsp3) is 0.250. The van der Waals surface area contributed by atoms with Crippen LogP contribution in [0, 0.1) is 0 Å². The van der Waals surface area contributed by atoms with E-state index >= 15 is 0 Å². The number of carboxylic acid groups (broad SMARTS) is 1. The van der Waals surface area contributed by atoms with Crippen molar-refractivity contribution in [1.82, 2.24) is 14.8 Å². The van der Waals surface area contributed by atoms with Crippen molar-refractivity contribution in [2.45, 2.75) is 18.0 Å². The van der Waals surface area contributed by atoms with Crippen molar-refractivity contribution in [3.05, 3.63) is 71.5 Å². The number of hydrogen-bond donors (Lipinski definition) is 1. The van der Waals surface area contributed by atoms with E-state index in [9.17, 15) is 4.79 Å². The van der Waals surface area contributed by atoms with Gasteiger partial charge in [-0.05, 0) is 36.2 Å². The van der Waals surface area contributed by atoms with Gasteiger partial charge in [-0.15, -0.1) is 10.2 Å². The molecule has 140 valence electrons. The summed E-state index contributed by atoms with van der Waals surface area (Å²) in [6.07, 6.45) is 1.62. The van der Waals surface area contributed by atoms with E-state index in [2.05, 4.69) is 22.3 Å². The third-order valence-corrected chi connectivity index (χ3v) is 5.13. The molecule has 1 N–H and O–H groups in total. The quantitative estimate of drug-likeness (QED) is 0.449. The van der Waals surface area contributed by atoms with Gasteiger partial charge in [-0.25, -0.2) is 4.79 Å². The molecule has 0 saturated carbocycles. The molecule has 0 spiro atoms. The lowest BCUT2D eigenvalue weighted by Crippen LogP contribution is -2.02. The Morgan fingerprint density at radius 1 is 1.11 bits per heavy atom. The zero-order chi connectivity index (χ0) is 19.1. The topological polar surface area (TPSA) is 77.2 Å². The summed E-state index contributed by atoms with van der Waals surface area (Å²) in [6, 6.07) is 16.7. The van der Waals surface area contributed by atoms with E-state index < -0.39 is 5.97 Å². The summed E-state index contributed by atoms with van der Waals surface area (Å²) in [6.45, 7) is 0.564. The molecule has 6 nitrogen and oxygen atoms in total. The summed E-state index contributed by atoms with van der Waals surface area (Å²) in [5.41, 5.74) is 1.47. The number of thioether (sulfide) groups is 1. The average molecular weight is 383 g/mol. The summed E-state index contributed by atoms with van der Waals surface area (Å²) < 4.78 is 7.67. The van der Waals surface area contributed by atoms with Gasteiger partial charge in [0, 0.05) is 19.2 Å². The van der Waals surface area contributed by atoms with E-state index in [4.69, 9.17) is 9.84 Å². The van der Waals surface area contributed by atoms with Crippen LogP contribution in [0.3, 0.4) is 0 Å². The molecule has 2 aromatic carbocycles. The van der Waals surface area contributed by atoms with Crippen LogP contribution in [0.4, 0.5) is 0 Å². The first-order valence-electron chi connectivity index (χ1n) is 8.64. The van der Waals surface area contributed by atoms with Gasteiger partial charge in [0.15, 0.2) is 5.16 Å². The number of benzene rings is 2. The van der Waals surface area contributed by atoms with Crippen LogP contribution >= 0.6 is 11.8 Å². The van der Waals surface area contributed by atoms with Crippen molar-refractivity contribution < 1.29 is 14.6 Å². The highest BCUT2D eigenvalue weighted by atomic mass is 32.2. The van der Waals surface area contributed by atoms with Gasteiger partial charge in [-0.3, -0.25) is 0 Å². The number of hydrogen-bond acceptors (Lipinski definition) is 5. The summed E-state index contributed by atoms with van der Waals surface area (Å²) in [7, 11) is 1.99. The first-order chi connectivity index (χ1) is 13.1. The molecule has 0 aliphatic rings. The van der Waals surface area contributed by atoms with E-state index in [1.807, 2.05) is 29.8 Å². The van der Waals surface area contributed by atoms with E-state index in [0.717, 1.165) is 29.6 Å². The Kier molecular flexibility index (Phi) is 6.49. The molecule has 1 heterocycles. The molecule has 0 aliphatic heterocycles. The molecular formula is C20H21N3O3S. The molecule has 27 heavy (non-hydrogen) atoms. The van der Waals surface area contributed by atoms with Crippen LogP contribution in [0.2, 0.25) is 0 Å². The van der Waals surface area contributed by atoms with Crippen molar-refractivity contribution in [3.8, 4) is 5.75 Å². The highest BCUT2D eigenvalue weighted by Gasteiger charge is 2.09. The van der Waals surface area contributed by atoms with Crippen molar-refractivity contribution in [3.63, 3.8) is 0 Å². The second-order valence-corrected chi connectivity index (χ2v) is 7.06. The second kappa shape index (κ2) is 9.23. The maximum atomic E-state index is 10.8. The molecule has 0 amide bonds. The fourth-order valence-corrected chi connectivity index (χ4v) is 3.35. The Morgan fingerprint density at radius 3 is 2.56 bits per heavy atom. The van der Waals surface area contributed by atoms with Crippen LogP contribution in [0.25, 0.3) is 0 Å². The predicted molar refractivity (Wildman–Crippen MR) is 104 cm³/mol. The molecule has 0 radical (unpaired) electrons. The number of carboxylic acids is 1. The van der Waals surface area contributed by atoms with Crippen LogP contribution in [0.1, 0.15) is 28.2 Å². The largest absolute Gasteiger partial charge is 0.494 e. The van der Waals surface area contributed by atoms with Crippen molar-refractivity contribution >= 4 is 17.7 Å². The van der Waals surface area contributed by atoms with Gasteiger partial charge >= 0.3 is 5.97 Å². The van der Waals surface area contributed by atoms with E-state index in [0.29, 0.717) is 12.4 Å². The third kappa shape index (κ3) is 5.34. The van der Waals surface area contributed by atoms with Gasteiger partial charge in [0.25, 0.3) is 0 Å². The number of aromatic nitrogens is 3. The lowest BCUT2D eigenvalue weighted by atomic mass is 10.1. The van der Waals surface area contributed by atoms with Gasteiger partial charge in [-0.1, -0.05) is 42.1 Å². The van der Waals surface area contributed by atoms with Crippen molar-refractivity contribution in [2.24, 2.45) is 7.05 Å². The minimum absolute atomic E-state index is 0.256. The van der Waals surface area contributed by atoms with Gasteiger partial charge in [-0.2, -0.15) is 0 Å². The Labute approximate surface area is 162 Å². The van der Waals surface area contributed by atoms with Crippen molar-refractivity contribution in [2.75, 3.05) is 12.4 Å². The molecule has 3 rings (SSSR count). The standard InChI is InChI=1S/C20H21N3O3S/c1-23-18(14-15-6-3-2-4-7-15)21-22-20(23)27-13-5-12-26-17-10-8-16(9-11-17)19(24)25/h2-4,6-11H,5,12-14H2,1H3,(H,24,25). The minimum Gasteiger partial charge on any atom is -0.494 e. The zero-order valence-corrected chi connectivity index (χ0v) is 15.9. The first-order valence-corrected chi connectivity index (χ1v) is 9.63.